The lowest BCUT2D eigenvalue weighted by Crippen LogP contribution is -2.37. The van der Waals surface area contributed by atoms with Crippen LogP contribution in [0.5, 0.6) is 0 Å². The molecule has 1 atom stereocenters. The number of furan rings is 1. The van der Waals surface area contributed by atoms with Crippen molar-refractivity contribution in [1.29, 1.82) is 0 Å². The molecule has 0 amide bonds. The van der Waals surface area contributed by atoms with Crippen LogP contribution in [-0.2, 0) is 0 Å². The van der Waals surface area contributed by atoms with Gasteiger partial charge in [0, 0.05) is 16.9 Å². The Hall–Kier alpha value is -2.62. The van der Waals surface area contributed by atoms with Gasteiger partial charge in [-0.25, -0.2) is 4.79 Å². The van der Waals surface area contributed by atoms with Gasteiger partial charge >= 0.3 is 5.97 Å². The number of nitrogens with zero attached hydrogens (tertiary/aromatic N) is 1. The Balaban J connectivity index is 1.69. The zero-order valence-electron chi connectivity index (χ0n) is 23.0. The summed E-state index contributed by atoms with van der Waals surface area (Å²) in [6.45, 7) is 13.8. The van der Waals surface area contributed by atoms with Crippen LogP contribution < -0.4 is 0 Å². The largest absolute Gasteiger partial charge is 0.475 e. The van der Waals surface area contributed by atoms with Gasteiger partial charge in [0.1, 0.15) is 5.76 Å². The van der Waals surface area contributed by atoms with E-state index in [1.807, 2.05) is 6.08 Å². The Morgan fingerprint density at radius 2 is 1.86 bits per heavy atom. The monoisotopic (exact) mass is 489 g/mol. The van der Waals surface area contributed by atoms with Crippen molar-refractivity contribution in [1.82, 2.24) is 0 Å². The van der Waals surface area contributed by atoms with Crippen LogP contribution in [0.1, 0.15) is 116 Å². The highest BCUT2D eigenvalue weighted by Gasteiger charge is 2.46. The number of fused-ring (bicyclic) bond motifs is 2. The van der Waals surface area contributed by atoms with Crippen molar-refractivity contribution in [3.05, 3.63) is 63.8 Å². The number of rotatable bonds is 10. The van der Waals surface area contributed by atoms with Crippen molar-refractivity contribution in [3.63, 3.8) is 0 Å². The molecular formula is C32H43NO3. The van der Waals surface area contributed by atoms with E-state index in [1.165, 1.54) is 67.9 Å². The van der Waals surface area contributed by atoms with E-state index in [4.69, 9.17) is 9.41 Å². The molecule has 1 unspecified atom stereocenters. The standard InChI is InChI=1S/C32H43NO3/c1-7-8-9-10-11-12-13-22-14-16-24(21(2)18-23-15-17-26(36-23)30(34)35)28-27(22)25-19-31(3,4)20-32(5,6)29(25)33-28/h14-18,22H,7-13,19-20H2,1-6H3,(H,34,35)/b21-18+. The van der Waals surface area contributed by atoms with Crippen molar-refractivity contribution in [2.45, 2.75) is 99.3 Å². The number of unbranched alkanes of at least 4 members (excludes halogenated alkanes) is 5. The van der Waals surface area contributed by atoms with Crippen molar-refractivity contribution < 1.29 is 14.3 Å². The van der Waals surface area contributed by atoms with Crippen LogP contribution >= 0.6 is 0 Å². The Bertz CT molecular complexity index is 1170. The fourth-order valence-electron chi connectivity index (χ4n) is 6.60. The average Bonchev–Trinajstić information content (AvgIpc) is 3.40. The van der Waals surface area contributed by atoms with Gasteiger partial charge in [-0.15, -0.1) is 0 Å². The summed E-state index contributed by atoms with van der Waals surface area (Å²) < 4.78 is 5.52. The van der Waals surface area contributed by atoms with Crippen molar-refractivity contribution >= 4 is 17.8 Å². The minimum Gasteiger partial charge on any atom is -0.475 e. The molecule has 0 saturated heterocycles. The number of carboxylic acid groups (broad SMARTS) is 1. The van der Waals surface area contributed by atoms with Crippen molar-refractivity contribution in [2.24, 2.45) is 21.7 Å². The summed E-state index contributed by atoms with van der Waals surface area (Å²) in [4.78, 5) is 16.6. The third-order valence-electron chi connectivity index (χ3n) is 7.92. The third kappa shape index (κ3) is 5.53. The van der Waals surface area contributed by atoms with Crippen molar-refractivity contribution in [2.75, 3.05) is 0 Å². The van der Waals surface area contributed by atoms with Crippen LogP contribution in [0.4, 0.5) is 0 Å². The molecule has 1 aromatic heterocycles. The first-order valence-corrected chi connectivity index (χ1v) is 13.8. The van der Waals surface area contributed by atoms with Crippen molar-refractivity contribution in [3.8, 4) is 0 Å². The maximum atomic E-state index is 11.2. The molecule has 3 aliphatic rings. The van der Waals surface area contributed by atoms with E-state index in [-0.39, 0.29) is 16.6 Å². The van der Waals surface area contributed by atoms with Crippen LogP contribution in [0.25, 0.3) is 6.08 Å². The number of aromatic carboxylic acids is 1. The van der Waals surface area contributed by atoms with Gasteiger partial charge in [-0.05, 0) is 66.5 Å². The third-order valence-corrected chi connectivity index (χ3v) is 7.92. The number of aliphatic imine (C=N–C) groups is 1. The molecule has 0 radical (unpaired) electrons. The van der Waals surface area contributed by atoms with Gasteiger partial charge < -0.3 is 9.52 Å². The summed E-state index contributed by atoms with van der Waals surface area (Å²) in [6, 6.07) is 3.23. The molecule has 1 saturated carbocycles. The molecule has 0 spiro atoms. The fourth-order valence-corrected chi connectivity index (χ4v) is 6.60. The van der Waals surface area contributed by atoms with Gasteiger partial charge in [-0.1, -0.05) is 85.3 Å². The van der Waals surface area contributed by atoms with E-state index in [0.717, 1.165) is 29.7 Å². The Morgan fingerprint density at radius 3 is 2.56 bits per heavy atom. The summed E-state index contributed by atoms with van der Waals surface area (Å²) in [5, 5.41) is 9.22. The average molecular weight is 490 g/mol. The van der Waals surface area contributed by atoms with Gasteiger partial charge in [0.2, 0.25) is 5.76 Å². The topological polar surface area (TPSA) is 62.8 Å². The van der Waals surface area contributed by atoms with Gasteiger partial charge in [-0.2, -0.15) is 0 Å². The Labute approximate surface area is 217 Å². The minimum absolute atomic E-state index is 0.0381. The number of carbonyl (C=O) groups is 1. The number of hydrogen-bond acceptors (Lipinski definition) is 3. The second-order valence-electron chi connectivity index (χ2n) is 12.4. The van der Waals surface area contributed by atoms with Crippen LogP contribution in [0.3, 0.4) is 0 Å². The first-order valence-electron chi connectivity index (χ1n) is 13.8. The molecule has 36 heavy (non-hydrogen) atoms. The molecule has 2 heterocycles. The summed E-state index contributed by atoms with van der Waals surface area (Å²) in [5.41, 5.74) is 7.78. The van der Waals surface area contributed by atoms with E-state index >= 15 is 0 Å². The van der Waals surface area contributed by atoms with E-state index < -0.39 is 5.97 Å². The van der Waals surface area contributed by atoms with E-state index in [2.05, 4.69) is 53.7 Å². The highest BCUT2D eigenvalue weighted by Crippen LogP contribution is 2.54. The Kier molecular flexibility index (Phi) is 7.64. The predicted octanol–water partition coefficient (Wildman–Crippen LogP) is 9.17. The molecule has 4 nitrogen and oxygen atoms in total. The highest BCUT2D eigenvalue weighted by atomic mass is 16.4. The molecule has 1 aliphatic heterocycles. The normalized spacial score (nSPS) is 22.6. The van der Waals surface area contributed by atoms with Gasteiger partial charge in [-0.3, -0.25) is 4.99 Å². The molecule has 4 heteroatoms. The second kappa shape index (κ2) is 10.4. The zero-order valence-corrected chi connectivity index (χ0v) is 23.0. The van der Waals surface area contributed by atoms with Gasteiger partial charge in [0.15, 0.2) is 0 Å². The number of allylic oxidation sites excluding steroid dienone is 6. The first kappa shape index (κ1) is 26.4. The highest BCUT2D eigenvalue weighted by molar-refractivity contribution is 6.09. The van der Waals surface area contributed by atoms with E-state index in [1.54, 1.807) is 6.07 Å². The lowest BCUT2D eigenvalue weighted by molar-refractivity contribution is 0.0662. The number of carboxylic acids is 1. The second-order valence-corrected chi connectivity index (χ2v) is 12.4. The SMILES string of the molecule is CCCCCCCCC1C=CC(/C(C)=C/c2ccc(C(=O)O)o2)=C2N=C3C(=C21)CC(C)(C)CC3(C)C. The van der Waals surface area contributed by atoms with Crippen LogP contribution in [0.15, 0.2) is 61.7 Å². The van der Waals surface area contributed by atoms with Crippen LogP contribution in [0.2, 0.25) is 0 Å². The van der Waals surface area contributed by atoms with E-state index in [9.17, 15) is 9.90 Å². The molecule has 194 valence electrons. The number of hydrogen-bond donors (Lipinski definition) is 1. The molecule has 0 bridgehead atoms. The summed E-state index contributed by atoms with van der Waals surface area (Å²) in [7, 11) is 0. The Morgan fingerprint density at radius 1 is 1.14 bits per heavy atom. The summed E-state index contributed by atoms with van der Waals surface area (Å²) in [6.07, 6.45) is 17.8. The van der Waals surface area contributed by atoms with E-state index in [0.29, 0.717) is 11.7 Å². The minimum atomic E-state index is -1.05. The smallest absolute Gasteiger partial charge is 0.371 e. The molecule has 1 N–H and O–H groups in total. The summed E-state index contributed by atoms with van der Waals surface area (Å²) in [5.74, 6) is -0.124. The molecular weight excluding hydrogens is 446 g/mol. The van der Waals surface area contributed by atoms with Crippen LogP contribution in [0, 0.1) is 16.7 Å². The lowest BCUT2D eigenvalue weighted by Gasteiger charge is -2.42. The fraction of sp³-hybridized carbons (Fsp3) is 0.562. The molecule has 2 aliphatic carbocycles. The quantitative estimate of drug-likeness (QED) is 0.333. The molecule has 1 aromatic rings. The molecule has 1 fully saturated rings. The zero-order chi connectivity index (χ0) is 26.1. The lowest BCUT2D eigenvalue weighted by atomic mass is 9.61. The molecule has 4 rings (SSSR count). The molecule has 0 aromatic carbocycles. The summed E-state index contributed by atoms with van der Waals surface area (Å²) >= 11 is 0. The van der Waals surface area contributed by atoms with Gasteiger partial charge in [0.05, 0.1) is 11.4 Å². The maximum Gasteiger partial charge on any atom is 0.371 e. The maximum absolute atomic E-state index is 11.2. The van der Waals surface area contributed by atoms with Crippen LogP contribution in [-0.4, -0.2) is 16.8 Å². The van der Waals surface area contributed by atoms with Gasteiger partial charge in [0.25, 0.3) is 0 Å². The predicted molar refractivity (Wildman–Crippen MR) is 148 cm³/mol. The first-order chi connectivity index (χ1) is 17.0.